The molecule has 2 rings (SSSR count). The predicted molar refractivity (Wildman–Crippen MR) is 68.1 cm³/mol. The molecule has 17 heavy (non-hydrogen) atoms. The molecule has 0 aromatic heterocycles. The van der Waals surface area contributed by atoms with Gasteiger partial charge in [-0.25, -0.2) is 0 Å². The van der Waals surface area contributed by atoms with Crippen LogP contribution in [0.4, 0.5) is 0 Å². The monoisotopic (exact) mass is 235 g/mol. The fourth-order valence-electron chi connectivity index (χ4n) is 2.60. The molecule has 0 unspecified atom stereocenters. The lowest BCUT2D eigenvalue weighted by Crippen LogP contribution is -2.60. The number of rotatable bonds is 5. The van der Waals surface area contributed by atoms with E-state index in [0.29, 0.717) is 0 Å². The van der Waals surface area contributed by atoms with Gasteiger partial charge >= 0.3 is 0 Å². The first-order valence-corrected chi connectivity index (χ1v) is 6.23. The van der Waals surface area contributed by atoms with Gasteiger partial charge in [0.1, 0.15) is 5.75 Å². The fraction of sp³-hybridized carbons (Fsp3) is 0.571. The molecule has 0 bridgehead atoms. The van der Waals surface area contributed by atoms with Crippen molar-refractivity contribution in [1.82, 2.24) is 4.90 Å². The van der Waals surface area contributed by atoms with E-state index in [1.54, 1.807) is 7.11 Å². The Labute approximate surface area is 103 Å². The summed E-state index contributed by atoms with van der Waals surface area (Å²) in [7, 11) is 1.70. The van der Waals surface area contributed by atoms with Crippen molar-refractivity contribution in [2.45, 2.75) is 31.9 Å². The highest BCUT2D eigenvalue weighted by molar-refractivity contribution is 5.33. The van der Waals surface area contributed by atoms with Crippen molar-refractivity contribution in [3.8, 4) is 5.75 Å². The zero-order valence-corrected chi connectivity index (χ0v) is 10.6. The van der Waals surface area contributed by atoms with Crippen molar-refractivity contribution in [1.29, 1.82) is 0 Å². The van der Waals surface area contributed by atoms with E-state index in [2.05, 4.69) is 17.9 Å². The first-order chi connectivity index (χ1) is 8.17. The summed E-state index contributed by atoms with van der Waals surface area (Å²) >= 11 is 0. The van der Waals surface area contributed by atoms with E-state index >= 15 is 0 Å². The molecule has 1 aromatic carbocycles. The highest BCUT2D eigenvalue weighted by atomic mass is 16.5. The Balaban J connectivity index is 1.91. The molecule has 1 aliphatic heterocycles. The number of hydrogen-bond donors (Lipinski definition) is 1. The molecular formula is C14H21NO2. The first-order valence-electron chi connectivity index (χ1n) is 6.23. The maximum absolute atomic E-state index is 10.1. The topological polar surface area (TPSA) is 32.7 Å². The summed E-state index contributed by atoms with van der Waals surface area (Å²) in [6.45, 7) is 4.52. The van der Waals surface area contributed by atoms with Crippen molar-refractivity contribution >= 4 is 0 Å². The van der Waals surface area contributed by atoms with Gasteiger partial charge in [-0.05, 0) is 12.5 Å². The number of benzene rings is 1. The minimum Gasteiger partial charge on any atom is -0.496 e. The lowest BCUT2D eigenvalue weighted by molar-refractivity contribution is -0.106. The average molecular weight is 235 g/mol. The Morgan fingerprint density at radius 3 is 2.71 bits per heavy atom. The second-order valence-corrected chi connectivity index (χ2v) is 4.93. The van der Waals surface area contributed by atoms with E-state index in [0.717, 1.165) is 38.2 Å². The number of β-amino-alcohol motifs (C(OH)–C–C–N with tert-alkyl or cyclic N) is 1. The predicted octanol–water partition coefficient (Wildman–Crippen LogP) is 2.04. The van der Waals surface area contributed by atoms with E-state index in [1.807, 2.05) is 18.2 Å². The van der Waals surface area contributed by atoms with Gasteiger partial charge in [-0.1, -0.05) is 31.5 Å². The summed E-state index contributed by atoms with van der Waals surface area (Å²) in [5.74, 6) is 0.929. The molecule has 94 valence electrons. The zero-order valence-electron chi connectivity index (χ0n) is 10.6. The van der Waals surface area contributed by atoms with Crippen LogP contribution in [0.1, 0.15) is 25.3 Å². The summed E-state index contributed by atoms with van der Waals surface area (Å²) < 4.78 is 5.33. The minimum atomic E-state index is -0.448. The molecule has 3 heteroatoms. The molecule has 0 saturated carbocycles. The molecule has 1 aliphatic rings. The largest absolute Gasteiger partial charge is 0.496 e. The van der Waals surface area contributed by atoms with Crippen LogP contribution in [0, 0.1) is 0 Å². The molecule has 1 saturated heterocycles. The number of aliphatic hydroxyl groups is 1. The maximum Gasteiger partial charge on any atom is 0.123 e. The Kier molecular flexibility index (Phi) is 3.69. The van der Waals surface area contributed by atoms with Crippen LogP contribution in [0.5, 0.6) is 5.75 Å². The van der Waals surface area contributed by atoms with Crippen LogP contribution in [0.3, 0.4) is 0 Å². The van der Waals surface area contributed by atoms with E-state index in [4.69, 9.17) is 4.74 Å². The van der Waals surface area contributed by atoms with Crippen LogP contribution >= 0.6 is 0 Å². The molecule has 0 atom stereocenters. The Bertz CT molecular complexity index is 372. The molecule has 0 amide bonds. The number of nitrogens with zero attached hydrogens (tertiary/aromatic N) is 1. The third-order valence-electron chi connectivity index (χ3n) is 3.34. The Morgan fingerprint density at radius 1 is 1.35 bits per heavy atom. The van der Waals surface area contributed by atoms with E-state index < -0.39 is 5.60 Å². The van der Waals surface area contributed by atoms with Gasteiger partial charge in [0.25, 0.3) is 0 Å². The Hall–Kier alpha value is -1.06. The quantitative estimate of drug-likeness (QED) is 0.847. The van der Waals surface area contributed by atoms with Crippen molar-refractivity contribution in [3.63, 3.8) is 0 Å². The van der Waals surface area contributed by atoms with Gasteiger partial charge in [0.15, 0.2) is 0 Å². The maximum atomic E-state index is 10.1. The molecule has 3 nitrogen and oxygen atoms in total. The van der Waals surface area contributed by atoms with E-state index in [1.165, 1.54) is 5.56 Å². The van der Waals surface area contributed by atoms with Crippen molar-refractivity contribution in [2.24, 2.45) is 0 Å². The molecule has 1 aromatic rings. The van der Waals surface area contributed by atoms with Crippen LogP contribution < -0.4 is 4.74 Å². The van der Waals surface area contributed by atoms with Gasteiger partial charge in [-0.3, -0.25) is 4.90 Å². The Morgan fingerprint density at radius 2 is 2.06 bits per heavy atom. The van der Waals surface area contributed by atoms with Gasteiger partial charge < -0.3 is 9.84 Å². The number of likely N-dealkylation sites (tertiary alicyclic amines) is 1. The molecular weight excluding hydrogens is 214 g/mol. The third kappa shape index (κ3) is 2.79. The third-order valence-corrected chi connectivity index (χ3v) is 3.34. The lowest BCUT2D eigenvalue weighted by Gasteiger charge is -2.46. The lowest BCUT2D eigenvalue weighted by atomic mass is 9.89. The molecule has 0 spiro atoms. The van der Waals surface area contributed by atoms with Crippen LogP contribution in [-0.4, -0.2) is 35.8 Å². The highest BCUT2D eigenvalue weighted by Gasteiger charge is 2.39. The summed E-state index contributed by atoms with van der Waals surface area (Å²) in [5, 5.41) is 10.1. The first kappa shape index (κ1) is 12.4. The minimum absolute atomic E-state index is 0.448. The van der Waals surface area contributed by atoms with Crippen molar-refractivity contribution in [2.75, 3.05) is 20.2 Å². The number of para-hydroxylation sites is 1. The summed E-state index contributed by atoms with van der Waals surface area (Å²) in [6, 6.07) is 8.06. The standard InChI is InChI=1S/C14H21NO2/c1-3-8-14(16)10-15(11-14)9-12-6-4-5-7-13(12)17-2/h4-7,16H,3,8-11H2,1-2H3. The van der Waals surface area contributed by atoms with Gasteiger partial charge in [0, 0.05) is 25.2 Å². The van der Waals surface area contributed by atoms with Crippen LogP contribution in [0.15, 0.2) is 24.3 Å². The number of methoxy groups -OCH3 is 1. The number of ether oxygens (including phenoxy) is 1. The van der Waals surface area contributed by atoms with Crippen LogP contribution in [-0.2, 0) is 6.54 Å². The fourth-order valence-corrected chi connectivity index (χ4v) is 2.60. The smallest absolute Gasteiger partial charge is 0.123 e. The van der Waals surface area contributed by atoms with E-state index in [-0.39, 0.29) is 0 Å². The van der Waals surface area contributed by atoms with Gasteiger partial charge in [0.05, 0.1) is 12.7 Å². The highest BCUT2D eigenvalue weighted by Crippen LogP contribution is 2.29. The normalized spacial score (nSPS) is 18.8. The van der Waals surface area contributed by atoms with E-state index in [9.17, 15) is 5.11 Å². The average Bonchev–Trinajstić information content (AvgIpc) is 2.28. The van der Waals surface area contributed by atoms with Gasteiger partial charge in [0.2, 0.25) is 0 Å². The van der Waals surface area contributed by atoms with Crippen LogP contribution in [0.2, 0.25) is 0 Å². The summed E-state index contributed by atoms with van der Waals surface area (Å²) in [6.07, 6.45) is 1.94. The SMILES string of the molecule is CCCC1(O)CN(Cc2ccccc2OC)C1. The summed E-state index contributed by atoms with van der Waals surface area (Å²) in [4.78, 5) is 2.26. The summed E-state index contributed by atoms with van der Waals surface area (Å²) in [5.41, 5.74) is 0.741. The molecule has 0 radical (unpaired) electrons. The molecule has 0 aliphatic carbocycles. The second-order valence-electron chi connectivity index (χ2n) is 4.93. The van der Waals surface area contributed by atoms with Gasteiger partial charge in [-0.2, -0.15) is 0 Å². The molecule has 1 N–H and O–H groups in total. The van der Waals surface area contributed by atoms with Crippen molar-refractivity contribution in [3.05, 3.63) is 29.8 Å². The zero-order chi connectivity index (χ0) is 12.3. The number of hydrogen-bond acceptors (Lipinski definition) is 3. The second kappa shape index (κ2) is 5.07. The van der Waals surface area contributed by atoms with Crippen LogP contribution in [0.25, 0.3) is 0 Å². The molecule has 1 heterocycles. The van der Waals surface area contributed by atoms with Crippen molar-refractivity contribution < 1.29 is 9.84 Å². The molecule has 1 fully saturated rings. The van der Waals surface area contributed by atoms with Gasteiger partial charge in [-0.15, -0.1) is 0 Å².